The SMILES string of the molecule is CC(C)Oc1ncccc1CNc1nccn1C. The van der Waals surface area contributed by atoms with Crippen LogP contribution in [0.4, 0.5) is 5.95 Å². The number of rotatable bonds is 5. The smallest absolute Gasteiger partial charge is 0.218 e. The van der Waals surface area contributed by atoms with Gasteiger partial charge in [0, 0.05) is 37.7 Å². The maximum absolute atomic E-state index is 5.67. The fourth-order valence-corrected chi connectivity index (χ4v) is 1.60. The lowest BCUT2D eigenvalue weighted by molar-refractivity contribution is 0.230. The third-order valence-electron chi connectivity index (χ3n) is 2.46. The molecular formula is C13H18N4O. The van der Waals surface area contributed by atoms with Crippen LogP contribution in [0.1, 0.15) is 19.4 Å². The molecule has 2 rings (SSSR count). The summed E-state index contributed by atoms with van der Waals surface area (Å²) < 4.78 is 7.60. The second kappa shape index (κ2) is 5.53. The van der Waals surface area contributed by atoms with Gasteiger partial charge in [-0.3, -0.25) is 0 Å². The van der Waals surface area contributed by atoms with Crippen molar-refractivity contribution >= 4 is 5.95 Å². The zero-order valence-corrected chi connectivity index (χ0v) is 10.9. The van der Waals surface area contributed by atoms with Crippen LogP contribution in [0.5, 0.6) is 5.88 Å². The van der Waals surface area contributed by atoms with E-state index in [0.29, 0.717) is 12.4 Å². The highest BCUT2D eigenvalue weighted by molar-refractivity contribution is 5.32. The van der Waals surface area contributed by atoms with Crippen LogP contribution in [0.25, 0.3) is 0 Å². The van der Waals surface area contributed by atoms with Crippen molar-refractivity contribution in [3.05, 3.63) is 36.3 Å². The molecule has 0 bridgehead atoms. The molecule has 0 radical (unpaired) electrons. The summed E-state index contributed by atoms with van der Waals surface area (Å²) in [4.78, 5) is 8.46. The van der Waals surface area contributed by atoms with Crippen molar-refractivity contribution in [1.82, 2.24) is 14.5 Å². The van der Waals surface area contributed by atoms with Crippen LogP contribution >= 0.6 is 0 Å². The van der Waals surface area contributed by atoms with E-state index in [1.54, 1.807) is 12.4 Å². The summed E-state index contributed by atoms with van der Waals surface area (Å²) >= 11 is 0. The summed E-state index contributed by atoms with van der Waals surface area (Å²) in [5.41, 5.74) is 1.02. The number of nitrogens with one attached hydrogen (secondary N) is 1. The Morgan fingerprint density at radius 2 is 2.17 bits per heavy atom. The Hall–Kier alpha value is -2.04. The van der Waals surface area contributed by atoms with E-state index < -0.39 is 0 Å². The van der Waals surface area contributed by atoms with E-state index in [9.17, 15) is 0 Å². The molecule has 0 aromatic carbocycles. The van der Waals surface area contributed by atoms with Gasteiger partial charge in [-0.05, 0) is 19.9 Å². The largest absolute Gasteiger partial charge is 0.475 e. The highest BCUT2D eigenvalue weighted by atomic mass is 16.5. The Morgan fingerprint density at radius 1 is 1.33 bits per heavy atom. The second-order valence-electron chi connectivity index (χ2n) is 4.35. The van der Waals surface area contributed by atoms with E-state index in [4.69, 9.17) is 4.74 Å². The lowest BCUT2D eigenvalue weighted by Crippen LogP contribution is -2.11. The van der Waals surface area contributed by atoms with E-state index in [-0.39, 0.29) is 6.10 Å². The lowest BCUT2D eigenvalue weighted by Gasteiger charge is -2.13. The molecule has 96 valence electrons. The number of pyridine rings is 1. The molecule has 5 heteroatoms. The molecule has 0 unspecified atom stereocenters. The summed E-state index contributed by atoms with van der Waals surface area (Å²) in [5.74, 6) is 1.50. The summed E-state index contributed by atoms with van der Waals surface area (Å²) in [6, 6.07) is 3.91. The summed E-state index contributed by atoms with van der Waals surface area (Å²) in [5, 5.41) is 3.25. The van der Waals surface area contributed by atoms with Crippen LogP contribution in [0.3, 0.4) is 0 Å². The maximum atomic E-state index is 5.67. The van der Waals surface area contributed by atoms with Gasteiger partial charge in [-0.2, -0.15) is 0 Å². The predicted molar refractivity (Wildman–Crippen MR) is 70.5 cm³/mol. The minimum Gasteiger partial charge on any atom is -0.475 e. The predicted octanol–water partition coefficient (Wildman–Crippen LogP) is 2.21. The van der Waals surface area contributed by atoms with E-state index in [2.05, 4.69) is 15.3 Å². The minimum atomic E-state index is 0.117. The maximum Gasteiger partial charge on any atom is 0.218 e. The average molecular weight is 246 g/mol. The first-order valence-corrected chi connectivity index (χ1v) is 5.98. The van der Waals surface area contributed by atoms with Crippen molar-refractivity contribution in [1.29, 1.82) is 0 Å². The molecule has 2 aromatic rings. The third kappa shape index (κ3) is 3.00. The first kappa shape index (κ1) is 12.4. The molecule has 0 aliphatic heterocycles. The van der Waals surface area contributed by atoms with Crippen LogP contribution in [-0.2, 0) is 13.6 Å². The molecule has 0 amide bonds. The van der Waals surface area contributed by atoms with Gasteiger partial charge in [0.15, 0.2) is 0 Å². The minimum absolute atomic E-state index is 0.117. The molecular weight excluding hydrogens is 228 g/mol. The number of nitrogens with zero attached hydrogens (tertiary/aromatic N) is 3. The zero-order chi connectivity index (χ0) is 13.0. The van der Waals surface area contributed by atoms with Gasteiger partial charge in [0.1, 0.15) is 0 Å². The Bertz CT molecular complexity index is 507. The molecule has 5 nitrogen and oxygen atoms in total. The van der Waals surface area contributed by atoms with E-state index >= 15 is 0 Å². The molecule has 1 N–H and O–H groups in total. The van der Waals surface area contributed by atoms with E-state index in [1.807, 2.05) is 43.8 Å². The summed E-state index contributed by atoms with van der Waals surface area (Å²) in [6.45, 7) is 4.62. The van der Waals surface area contributed by atoms with Crippen LogP contribution in [0.2, 0.25) is 0 Å². The monoisotopic (exact) mass is 246 g/mol. The molecule has 0 aliphatic carbocycles. The Kier molecular flexibility index (Phi) is 3.82. The third-order valence-corrected chi connectivity index (χ3v) is 2.46. The lowest BCUT2D eigenvalue weighted by atomic mass is 10.2. The molecule has 0 saturated heterocycles. The van der Waals surface area contributed by atoms with Crippen molar-refractivity contribution in [3.8, 4) is 5.88 Å². The molecule has 2 heterocycles. The molecule has 2 aromatic heterocycles. The zero-order valence-electron chi connectivity index (χ0n) is 10.9. The Balaban J connectivity index is 2.07. The van der Waals surface area contributed by atoms with Crippen molar-refractivity contribution in [2.75, 3.05) is 5.32 Å². The van der Waals surface area contributed by atoms with Crippen molar-refractivity contribution in [2.24, 2.45) is 7.05 Å². The van der Waals surface area contributed by atoms with Crippen LogP contribution < -0.4 is 10.1 Å². The van der Waals surface area contributed by atoms with Crippen molar-refractivity contribution in [2.45, 2.75) is 26.5 Å². The van der Waals surface area contributed by atoms with Gasteiger partial charge in [0.05, 0.1) is 6.10 Å². The van der Waals surface area contributed by atoms with Gasteiger partial charge in [0.25, 0.3) is 0 Å². The van der Waals surface area contributed by atoms with E-state index in [1.165, 1.54) is 0 Å². The summed E-state index contributed by atoms with van der Waals surface area (Å²) in [7, 11) is 1.95. The van der Waals surface area contributed by atoms with Gasteiger partial charge in [-0.1, -0.05) is 6.07 Å². The van der Waals surface area contributed by atoms with Crippen molar-refractivity contribution in [3.63, 3.8) is 0 Å². The van der Waals surface area contributed by atoms with Crippen molar-refractivity contribution < 1.29 is 4.74 Å². The fourth-order valence-electron chi connectivity index (χ4n) is 1.60. The van der Waals surface area contributed by atoms with Crippen LogP contribution in [-0.4, -0.2) is 20.6 Å². The highest BCUT2D eigenvalue weighted by Gasteiger charge is 2.07. The number of ether oxygens (including phenoxy) is 1. The van der Waals surface area contributed by atoms with Gasteiger partial charge < -0.3 is 14.6 Å². The van der Waals surface area contributed by atoms with Gasteiger partial charge >= 0.3 is 0 Å². The van der Waals surface area contributed by atoms with Gasteiger partial charge in [0.2, 0.25) is 11.8 Å². The standard InChI is InChI=1S/C13H18N4O/c1-10(2)18-12-11(5-4-6-14-12)9-16-13-15-7-8-17(13)3/h4-8,10H,9H2,1-3H3,(H,15,16). The molecule has 0 saturated carbocycles. The normalized spacial score (nSPS) is 10.7. The Labute approximate surface area is 107 Å². The quantitative estimate of drug-likeness (QED) is 0.878. The average Bonchev–Trinajstić information content (AvgIpc) is 2.73. The highest BCUT2D eigenvalue weighted by Crippen LogP contribution is 2.17. The topological polar surface area (TPSA) is 52.0 Å². The Morgan fingerprint density at radius 3 is 2.83 bits per heavy atom. The molecule has 18 heavy (non-hydrogen) atoms. The second-order valence-corrected chi connectivity index (χ2v) is 4.35. The van der Waals surface area contributed by atoms with Gasteiger partial charge in [-0.25, -0.2) is 9.97 Å². The first-order valence-electron chi connectivity index (χ1n) is 5.98. The molecule has 0 atom stereocenters. The molecule has 0 aliphatic rings. The molecule has 0 spiro atoms. The number of hydrogen-bond acceptors (Lipinski definition) is 4. The number of hydrogen-bond donors (Lipinski definition) is 1. The first-order chi connectivity index (χ1) is 8.66. The van der Waals surface area contributed by atoms with E-state index in [0.717, 1.165) is 11.5 Å². The fraction of sp³-hybridized carbons (Fsp3) is 0.385. The number of anilines is 1. The molecule has 0 fully saturated rings. The number of aryl methyl sites for hydroxylation is 1. The summed E-state index contributed by atoms with van der Waals surface area (Å²) in [6.07, 6.45) is 5.52. The number of aromatic nitrogens is 3. The van der Waals surface area contributed by atoms with Gasteiger partial charge in [-0.15, -0.1) is 0 Å². The van der Waals surface area contributed by atoms with Crippen LogP contribution in [0, 0.1) is 0 Å². The van der Waals surface area contributed by atoms with Crippen LogP contribution in [0.15, 0.2) is 30.7 Å². The number of imidazole rings is 1.